The van der Waals surface area contributed by atoms with Gasteiger partial charge in [0.1, 0.15) is 18.4 Å². The second kappa shape index (κ2) is 12.7. The molecule has 198 valence electrons. The first-order valence-corrected chi connectivity index (χ1v) is 13.4. The van der Waals surface area contributed by atoms with Crippen molar-refractivity contribution in [3.8, 4) is 0 Å². The second-order valence-corrected chi connectivity index (χ2v) is 11.4. The summed E-state index contributed by atoms with van der Waals surface area (Å²) in [5.41, 5.74) is 0.214. The molecule has 36 heavy (non-hydrogen) atoms. The van der Waals surface area contributed by atoms with Crippen molar-refractivity contribution in [1.29, 1.82) is 0 Å². The van der Waals surface area contributed by atoms with Crippen LogP contribution in [-0.2, 0) is 26.3 Å². The highest BCUT2D eigenvalue weighted by Crippen LogP contribution is 2.26. The highest BCUT2D eigenvalue weighted by atomic mass is 35.5. The van der Waals surface area contributed by atoms with Gasteiger partial charge in [0, 0.05) is 36.7 Å². The molecule has 12 heteroatoms. The van der Waals surface area contributed by atoms with Gasteiger partial charge < -0.3 is 10.2 Å². The first kappa shape index (κ1) is 29.8. The van der Waals surface area contributed by atoms with Crippen LogP contribution in [-0.4, -0.2) is 62.2 Å². The van der Waals surface area contributed by atoms with Crippen molar-refractivity contribution in [3.63, 3.8) is 0 Å². The molecule has 2 atom stereocenters. The van der Waals surface area contributed by atoms with Crippen molar-refractivity contribution in [3.05, 3.63) is 63.9 Å². The average molecular weight is 562 g/mol. The summed E-state index contributed by atoms with van der Waals surface area (Å²) in [6.07, 6.45) is 0.678. The molecule has 0 fully saturated rings. The van der Waals surface area contributed by atoms with E-state index in [0.29, 0.717) is 21.3 Å². The van der Waals surface area contributed by atoms with Crippen LogP contribution in [0.15, 0.2) is 42.5 Å². The zero-order chi connectivity index (χ0) is 27.2. The fraction of sp³-hybridized carbons (Fsp3) is 0.417. The molecule has 0 heterocycles. The van der Waals surface area contributed by atoms with Crippen LogP contribution in [0.3, 0.4) is 0 Å². The fourth-order valence-electron chi connectivity index (χ4n) is 3.24. The van der Waals surface area contributed by atoms with Gasteiger partial charge in [-0.05, 0) is 50.1 Å². The Kier molecular flexibility index (Phi) is 10.5. The van der Waals surface area contributed by atoms with Crippen LogP contribution in [0.25, 0.3) is 0 Å². The predicted octanol–water partition coefficient (Wildman–Crippen LogP) is 4.08. The fourth-order valence-corrected chi connectivity index (χ4v) is 4.77. The normalized spacial score (nSPS) is 13.2. The van der Waals surface area contributed by atoms with Crippen molar-refractivity contribution < 1.29 is 22.4 Å². The number of halogens is 3. The summed E-state index contributed by atoms with van der Waals surface area (Å²) in [5, 5.41) is 3.50. The molecule has 0 spiro atoms. The van der Waals surface area contributed by atoms with E-state index in [2.05, 4.69) is 5.32 Å². The van der Waals surface area contributed by atoms with Crippen molar-refractivity contribution in [2.75, 3.05) is 24.9 Å². The minimum absolute atomic E-state index is 0.100. The monoisotopic (exact) mass is 560 g/mol. The van der Waals surface area contributed by atoms with Gasteiger partial charge in [-0.1, -0.05) is 48.3 Å². The molecule has 0 bridgehead atoms. The quantitative estimate of drug-likeness (QED) is 0.448. The minimum atomic E-state index is -4.26. The number of rotatable bonds is 11. The Balaban J connectivity index is 2.50. The maximum absolute atomic E-state index is 14.6. The molecule has 0 saturated carbocycles. The van der Waals surface area contributed by atoms with Crippen molar-refractivity contribution in [2.24, 2.45) is 0 Å². The largest absolute Gasteiger partial charge is 0.352 e. The number of anilines is 1. The molecule has 1 N–H and O–H groups in total. The van der Waals surface area contributed by atoms with Crippen LogP contribution in [0, 0.1) is 5.82 Å². The standard InChI is InChI=1S/C24H31Cl2FN4O4S/c1-6-16(2)28-24(33)17(3)30(14-18-11-12-19(25)13-20(18)26)23(32)15-31(36(34,35)29(4)5)22-10-8-7-9-21(22)27/h7-13,16-17H,6,14-15H2,1-5H3,(H,28,33). The molecule has 0 aliphatic carbocycles. The lowest BCUT2D eigenvalue weighted by atomic mass is 10.1. The van der Waals surface area contributed by atoms with Gasteiger partial charge in [-0.15, -0.1) is 0 Å². The van der Waals surface area contributed by atoms with Crippen LogP contribution in [0.1, 0.15) is 32.8 Å². The number of para-hydroxylation sites is 1. The van der Waals surface area contributed by atoms with Gasteiger partial charge in [0.05, 0.1) is 5.69 Å². The smallest absolute Gasteiger partial charge is 0.304 e. The topological polar surface area (TPSA) is 90.0 Å². The molecule has 0 aromatic heterocycles. The molecular formula is C24H31Cl2FN4O4S. The van der Waals surface area contributed by atoms with Crippen LogP contribution in [0.5, 0.6) is 0 Å². The SMILES string of the molecule is CCC(C)NC(=O)C(C)N(Cc1ccc(Cl)cc1Cl)C(=O)CN(c1ccccc1F)S(=O)(=O)N(C)C. The molecule has 2 amide bonds. The number of carbonyl (C=O) groups is 2. The van der Waals surface area contributed by atoms with Crippen LogP contribution >= 0.6 is 23.2 Å². The van der Waals surface area contributed by atoms with Crippen molar-refractivity contribution in [2.45, 2.75) is 45.8 Å². The number of nitrogens with one attached hydrogen (secondary N) is 1. The zero-order valence-corrected chi connectivity index (χ0v) is 23.2. The number of hydrogen-bond donors (Lipinski definition) is 1. The second-order valence-electron chi connectivity index (χ2n) is 8.50. The summed E-state index contributed by atoms with van der Waals surface area (Å²) < 4.78 is 42.4. The number of carbonyl (C=O) groups excluding carboxylic acids is 2. The number of benzene rings is 2. The van der Waals surface area contributed by atoms with E-state index in [1.807, 2.05) is 13.8 Å². The van der Waals surface area contributed by atoms with Crippen LogP contribution in [0.4, 0.5) is 10.1 Å². The van der Waals surface area contributed by atoms with E-state index in [4.69, 9.17) is 23.2 Å². The molecule has 8 nitrogen and oxygen atoms in total. The lowest BCUT2D eigenvalue weighted by molar-refractivity contribution is -0.139. The van der Waals surface area contributed by atoms with E-state index in [0.717, 1.165) is 10.4 Å². The Hall–Kier alpha value is -2.40. The maximum atomic E-state index is 14.6. The number of nitrogens with zero attached hydrogens (tertiary/aromatic N) is 3. The van der Waals surface area contributed by atoms with E-state index < -0.39 is 40.4 Å². The first-order valence-electron chi connectivity index (χ1n) is 11.3. The maximum Gasteiger partial charge on any atom is 0.304 e. The molecule has 2 aromatic carbocycles. The molecular weight excluding hydrogens is 530 g/mol. The molecule has 2 rings (SSSR count). The third-order valence-electron chi connectivity index (χ3n) is 5.66. The number of hydrogen-bond acceptors (Lipinski definition) is 4. The highest BCUT2D eigenvalue weighted by Gasteiger charge is 2.34. The molecule has 0 saturated heterocycles. The Labute approximate surface area is 222 Å². The van der Waals surface area contributed by atoms with E-state index in [9.17, 15) is 22.4 Å². The Morgan fingerprint density at radius 2 is 1.72 bits per heavy atom. The third kappa shape index (κ3) is 7.32. The molecule has 2 aromatic rings. The predicted molar refractivity (Wildman–Crippen MR) is 141 cm³/mol. The molecule has 0 aliphatic heterocycles. The van der Waals surface area contributed by atoms with Gasteiger partial charge in [0.15, 0.2) is 0 Å². The summed E-state index contributed by atoms with van der Waals surface area (Å²) in [7, 11) is -1.71. The summed E-state index contributed by atoms with van der Waals surface area (Å²) in [5.74, 6) is -1.96. The molecule has 2 unspecified atom stereocenters. The van der Waals surface area contributed by atoms with E-state index in [1.54, 1.807) is 12.1 Å². The summed E-state index contributed by atoms with van der Waals surface area (Å²) in [6.45, 7) is 4.43. The van der Waals surface area contributed by atoms with Gasteiger partial charge in [-0.3, -0.25) is 9.59 Å². The van der Waals surface area contributed by atoms with Gasteiger partial charge in [-0.25, -0.2) is 8.70 Å². The Bertz CT molecular complexity index is 1200. The third-order valence-corrected chi connectivity index (χ3v) is 8.06. The van der Waals surface area contributed by atoms with E-state index in [1.165, 1.54) is 50.2 Å². The Morgan fingerprint density at radius 3 is 2.28 bits per heavy atom. The van der Waals surface area contributed by atoms with Crippen LogP contribution < -0.4 is 9.62 Å². The summed E-state index contributed by atoms with van der Waals surface area (Å²) in [6, 6.07) is 8.85. The average Bonchev–Trinajstić information content (AvgIpc) is 2.81. The van der Waals surface area contributed by atoms with Crippen LogP contribution in [0.2, 0.25) is 10.0 Å². The van der Waals surface area contributed by atoms with Crippen molar-refractivity contribution >= 4 is 50.9 Å². The van der Waals surface area contributed by atoms with Gasteiger partial charge in [0.25, 0.3) is 0 Å². The van der Waals surface area contributed by atoms with E-state index in [-0.39, 0.29) is 23.3 Å². The van der Waals surface area contributed by atoms with Crippen molar-refractivity contribution in [1.82, 2.24) is 14.5 Å². The Morgan fingerprint density at radius 1 is 1.08 bits per heavy atom. The highest BCUT2D eigenvalue weighted by molar-refractivity contribution is 7.90. The van der Waals surface area contributed by atoms with Gasteiger partial charge in [0.2, 0.25) is 11.8 Å². The zero-order valence-electron chi connectivity index (χ0n) is 20.8. The summed E-state index contributed by atoms with van der Waals surface area (Å²) >= 11 is 12.3. The minimum Gasteiger partial charge on any atom is -0.352 e. The lowest BCUT2D eigenvalue weighted by Crippen LogP contribution is -2.53. The van der Waals surface area contributed by atoms with E-state index >= 15 is 0 Å². The number of amides is 2. The first-order chi connectivity index (χ1) is 16.8. The lowest BCUT2D eigenvalue weighted by Gasteiger charge is -2.33. The van der Waals surface area contributed by atoms with Gasteiger partial charge in [-0.2, -0.15) is 12.7 Å². The molecule has 0 aliphatic rings. The summed E-state index contributed by atoms with van der Waals surface area (Å²) in [4.78, 5) is 27.8. The van der Waals surface area contributed by atoms with Gasteiger partial charge >= 0.3 is 10.2 Å². The molecule has 0 radical (unpaired) electrons.